The minimum Gasteiger partial charge on any atom is -0.461 e. The summed E-state index contributed by atoms with van der Waals surface area (Å²) in [5, 5.41) is 4.30. The van der Waals surface area contributed by atoms with Crippen LogP contribution in [0.2, 0.25) is 0 Å². The molecule has 27 heavy (non-hydrogen) atoms. The predicted molar refractivity (Wildman–Crippen MR) is 99.3 cm³/mol. The molecule has 1 amide bonds. The number of carbonyl (C=O) groups excluding carboxylic acids is 2. The molecular formula is C20H25N3O4. The Hall–Kier alpha value is -2.83. The third kappa shape index (κ3) is 4.67. The lowest BCUT2D eigenvalue weighted by atomic mass is 10.1. The Morgan fingerprint density at radius 3 is 2.52 bits per heavy atom. The zero-order valence-electron chi connectivity index (χ0n) is 16.0. The average molecular weight is 371 g/mol. The van der Waals surface area contributed by atoms with E-state index in [0.717, 1.165) is 28.8 Å². The lowest BCUT2D eigenvalue weighted by Gasteiger charge is -2.19. The van der Waals surface area contributed by atoms with Gasteiger partial charge in [-0.3, -0.25) is 4.68 Å². The maximum absolute atomic E-state index is 12.5. The Balaban J connectivity index is 1.65. The molecule has 2 aromatic rings. The number of esters is 1. The van der Waals surface area contributed by atoms with Crippen molar-refractivity contribution in [2.75, 3.05) is 13.2 Å². The molecule has 2 heterocycles. The molecular weight excluding hydrogens is 346 g/mol. The van der Waals surface area contributed by atoms with E-state index in [4.69, 9.17) is 9.47 Å². The van der Waals surface area contributed by atoms with E-state index in [2.05, 4.69) is 11.2 Å². The van der Waals surface area contributed by atoms with Crippen molar-refractivity contribution in [1.29, 1.82) is 0 Å². The van der Waals surface area contributed by atoms with Crippen LogP contribution >= 0.6 is 0 Å². The molecule has 1 aromatic carbocycles. The summed E-state index contributed by atoms with van der Waals surface area (Å²) in [6, 6.07) is 7.81. The maximum Gasteiger partial charge on any atom is 0.410 e. The first-order chi connectivity index (χ1) is 13.0. The van der Waals surface area contributed by atoms with Crippen molar-refractivity contribution in [3.05, 3.63) is 52.3 Å². The first-order valence-corrected chi connectivity index (χ1v) is 9.19. The summed E-state index contributed by atoms with van der Waals surface area (Å²) < 4.78 is 12.3. The highest BCUT2D eigenvalue weighted by molar-refractivity contribution is 5.87. The molecule has 0 radical (unpaired) electrons. The van der Waals surface area contributed by atoms with E-state index in [0.29, 0.717) is 26.2 Å². The van der Waals surface area contributed by atoms with Crippen LogP contribution in [0.15, 0.2) is 24.3 Å². The molecule has 0 fully saturated rings. The molecule has 1 aliphatic rings. The predicted octanol–water partition coefficient (Wildman–Crippen LogP) is 3.22. The molecule has 0 aliphatic carbocycles. The number of aromatic nitrogens is 2. The van der Waals surface area contributed by atoms with Crippen LogP contribution in [0.25, 0.3) is 0 Å². The van der Waals surface area contributed by atoms with Gasteiger partial charge in [0.15, 0.2) is 5.69 Å². The van der Waals surface area contributed by atoms with Crippen molar-refractivity contribution in [1.82, 2.24) is 14.7 Å². The van der Waals surface area contributed by atoms with Gasteiger partial charge in [-0.15, -0.1) is 0 Å². The van der Waals surface area contributed by atoms with E-state index in [1.165, 1.54) is 0 Å². The third-order valence-corrected chi connectivity index (χ3v) is 4.40. The Morgan fingerprint density at radius 1 is 1.07 bits per heavy atom. The minimum absolute atomic E-state index is 0.241. The van der Waals surface area contributed by atoms with Gasteiger partial charge in [0.25, 0.3) is 0 Å². The summed E-state index contributed by atoms with van der Waals surface area (Å²) in [4.78, 5) is 26.1. The Morgan fingerprint density at radius 2 is 1.81 bits per heavy atom. The van der Waals surface area contributed by atoms with Crippen molar-refractivity contribution >= 4 is 12.1 Å². The number of nitrogens with zero attached hydrogens (tertiary/aromatic N) is 3. The van der Waals surface area contributed by atoms with Crippen LogP contribution in [0.4, 0.5) is 4.79 Å². The van der Waals surface area contributed by atoms with Crippen molar-refractivity contribution in [3.63, 3.8) is 0 Å². The minimum atomic E-state index is -0.443. The van der Waals surface area contributed by atoms with Gasteiger partial charge in [-0.1, -0.05) is 29.3 Å². The molecule has 0 saturated carbocycles. The molecule has 0 bridgehead atoms. The quantitative estimate of drug-likeness (QED) is 0.772. The number of amides is 1. The summed E-state index contributed by atoms with van der Waals surface area (Å²) in [6.45, 7) is 7.94. The molecule has 7 heteroatoms. The molecule has 7 nitrogen and oxygen atoms in total. The molecule has 0 N–H and O–H groups in total. The fraction of sp³-hybridized carbons (Fsp3) is 0.450. The number of carbonyl (C=O) groups is 2. The molecule has 3 rings (SSSR count). The molecule has 0 saturated heterocycles. The van der Waals surface area contributed by atoms with E-state index in [-0.39, 0.29) is 18.4 Å². The van der Waals surface area contributed by atoms with Crippen LogP contribution in [0.3, 0.4) is 0 Å². The van der Waals surface area contributed by atoms with E-state index < -0.39 is 5.97 Å². The zero-order valence-corrected chi connectivity index (χ0v) is 16.0. The first kappa shape index (κ1) is 18.9. The van der Waals surface area contributed by atoms with Crippen LogP contribution in [0.5, 0.6) is 0 Å². The number of benzene rings is 1. The second-order valence-corrected chi connectivity index (χ2v) is 6.79. The summed E-state index contributed by atoms with van der Waals surface area (Å²) in [7, 11) is 0. The Labute approximate surface area is 158 Å². The summed E-state index contributed by atoms with van der Waals surface area (Å²) in [5.74, 6) is -0.443. The average Bonchev–Trinajstić information content (AvgIpc) is 2.91. The highest BCUT2D eigenvalue weighted by Gasteiger charge is 2.23. The number of rotatable bonds is 4. The van der Waals surface area contributed by atoms with Crippen LogP contribution in [0, 0.1) is 13.8 Å². The molecule has 0 unspecified atom stereocenters. The van der Waals surface area contributed by atoms with Crippen LogP contribution in [-0.2, 0) is 29.2 Å². The fourth-order valence-corrected chi connectivity index (χ4v) is 3.31. The second-order valence-electron chi connectivity index (χ2n) is 6.79. The highest BCUT2D eigenvalue weighted by Crippen LogP contribution is 2.16. The van der Waals surface area contributed by atoms with Crippen molar-refractivity contribution < 1.29 is 19.1 Å². The molecule has 0 atom stereocenters. The molecule has 1 aliphatic heterocycles. The van der Waals surface area contributed by atoms with Gasteiger partial charge < -0.3 is 14.4 Å². The second kappa shape index (κ2) is 8.24. The van der Waals surface area contributed by atoms with Crippen LogP contribution in [-0.4, -0.2) is 39.9 Å². The van der Waals surface area contributed by atoms with Gasteiger partial charge in [-0.05, 0) is 38.8 Å². The summed E-state index contributed by atoms with van der Waals surface area (Å²) in [5.41, 5.74) is 4.35. The van der Waals surface area contributed by atoms with Crippen molar-refractivity contribution in [3.8, 4) is 0 Å². The summed E-state index contributed by atoms with van der Waals surface area (Å²) >= 11 is 0. The Bertz CT molecular complexity index is 823. The SMILES string of the molecule is CCOC(=O)c1cc2n(n1)CCCN(C(=O)OCc1cc(C)cc(C)c1)C2. The number of aryl methyl sites for hydroxylation is 3. The standard InChI is InChI=1S/C20H25N3O4/c1-4-26-19(24)18-11-17-12-22(6-5-7-23(17)21-18)20(25)27-13-16-9-14(2)8-15(3)10-16/h8-11H,4-7,12-13H2,1-3H3. The van der Waals surface area contributed by atoms with E-state index in [1.54, 1.807) is 22.6 Å². The van der Waals surface area contributed by atoms with E-state index >= 15 is 0 Å². The van der Waals surface area contributed by atoms with Crippen molar-refractivity contribution in [2.45, 2.75) is 46.9 Å². The smallest absolute Gasteiger partial charge is 0.410 e. The molecule has 0 spiro atoms. The lowest BCUT2D eigenvalue weighted by molar-refractivity contribution is 0.0518. The van der Waals surface area contributed by atoms with Gasteiger partial charge in [0.2, 0.25) is 0 Å². The zero-order chi connectivity index (χ0) is 19.4. The lowest BCUT2D eigenvalue weighted by Crippen LogP contribution is -2.31. The van der Waals surface area contributed by atoms with Crippen LogP contribution < -0.4 is 0 Å². The van der Waals surface area contributed by atoms with Crippen molar-refractivity contribution in [2.24, 2.45) is 0 Å². The number of hydrogen-bond acceptors (Lipinski definition) is 5. The topological polar surface area (TPSA) is 73.7 Å². The number of ether oxygens (including phenoxy) is 2. The van der Waals surface area contributed by atoms with Gasteiger partial charge in [0.1, 0.15) is 6.61 Å². The van der Waals surface area contributed by atoms with Gasteiger partial charge in [0, 0.05) is 13.1 Å². The maximum atomic E-state index is 12.5. The largest absolute Gasteiger partial charge is 0.461 e. The monoisotopic (exact) mass is 371 g/mol. The van der Waals surface area contributed by atoms with E-state index in [1.807, 2.05) is 26.0 Å². The van der Waals surface area contributed by atoms with Gasteiger partial charge >= 0.3 is 12.1 Å². The van der Waals surface area contributed by atoms with E-state index in [9.17, 15) is 9.59 Å². The Kier molecular flexibility index (Phi) is 5.78. The first-order valence-electron chi connectivity index (χ1n) is 9.19. The summed E-state index contributed by atoms with van der Waals surface area (Å²) in [6.07, 6.45) is 0.386. The number of hydrogen-bond donors (Lipinski definition) is 0. The number of fused-ring (bicyclic) bond motifs is 1. The third-order valence-electron chi connectivity index (χ3n) is 4.40. The highest BCUT2D eigenvalue weighted by atomic mass is 16.6. The van der Waals surface area contributed by atoms with Gasteiger partial charge in [-0.2, -0.15) is 5.10 Å². The molecule has 1 aromatic heterocycles. The molecule has 144 valence electrons. The fourth-order valence-electron chi connectivity index (χ4n) is 3.31. The van der Waals surface area contributed by atoms with Gasteiger partial charge in [-0.25, -0.2) is 9.59 Å². The normalized spacial score (nSPS) is 13.7. The van der Waals surface area contributed by atoms with Gasteiger partial charge in [0.05, 0.1) is 18.8 Å². The van der Waals surface area contributed by atoms with Crippen LogP contribution in [0.1, 0.15) is 46.2 Å².